The monoisotopic (exact) mass is 371 g/mol. The minimum Gasteiger partial charge on any atom is -0.390 e. The number of thiophene rings is 1. The minimum absolute atomic E-state index is 0.124. The number of ketones is 1. The molecule has 4 N–H and O–H groups in total. The number of carbonyl (C=O) groups is 2. The van der Waals surface area contributed by atoms with E-state index in [1.165, 1.54) is 6.26 Å². The van der Waals surface area contributed by atoms with E-state index in [1.54, 1.807) is 6.92 Å². The second-order valence-corrected chi connectivity index (χ2v) is 6.86. The lowest BCUT2D eigenvalue weighted by Gasteiger charge is -2.34. The Morgan fingerprint density at radius 3 is 2.84 bits per heavy atom. The summed E-state index contributed by atoms with van der Waals surface area (Å²) < 4.78 is 34.7. The van der Waals surface area contributed by atoms with Crippen LogP contribution in [-0.2, 0) is 16.6 Å². The Balaban J connectivity index is 2.12. The number of amides is 1. The van der Waals surface area contributed by atoms with Gasteiger partial charge in [-0.3, -0.25) is 9.59 Å². The standard InChI is InChI=1S/C15H15F2N3O4S/c1-6-8(4-24-20-6)15(5-23-14(16)17)3-2-7-9(12(18)22)13(19)25-10(7)11(15)21/h4,14H,2-3,5,19H2,1H3,(H2,18,22). The van der Waals surface area contributed by atoms with E-state index in [0.717, 1.165) is 11.3 Å². The highest BCUT2D eigenvalue weighted by Gasteiger charge is 2.49. The zero-order valence-electron chi connectivity index (χ0n) is 13.2. The van der Waals surface area contributed by atoms with Gasteiger partial charge in [0.05, 0.1) is 33.2 Å². The van der Waals surface area contributed by atoms with E-state index in [9.17, 15) is 18.4 Å². The van der Waals surface area contributed by atoms with Crippen LogP contribution in [0.4, 0.5) is 13.8 Å². The Hall–Kier alpha value is -2.33. The number of nitrogen functional groups attached to an aromatic ring is 1. The van der Waals surface area contributed by atoms with Crippen LogP contribution in [0.1, 0.15) is 43.3 Å². The van der Waals surface area contributed by atoms with Crippen LogP contribution in [0.5, 0.6) is 0 Å². The van der Waals surface area contributed by atoms with Crippen molar-refractivity contribution in [2.75, 3.05) is 12.3 Å². The summed E-state index contributed by atoms with van der Waals surface area (Å²) in [5, 5.41) is 3.88. The fourth-order valence-electron chi connectivity index (χ4n) is 3.28. The molecule has 0 fully saturated rings. The molecule has 0 saturated carbocycles. The van der Waals surface area contributed by atoms with Crippen LogP contribution < -0.4 is 11.5 Å². The van der Waals surface area contributed by atoms with E-state index in [2.05, 4.69) is 9.89 Å². The molecular formula is C15H15F2N3O4S. The number of hydrogen-bond donors (Lipinski definition) is 2. The van der Waals surface area contributed by atoms with E-state index < -0.39 is 30.3 Å². The van der Waals surface area contributed by atoms with Crippen molar-refractivity contribution in [1.29, 1.82) is 0 Å². The molecule has 134 valence electrons. The number of ether oxygens (including phenoxy) is 1. The third kappa shape index (κ3) is 2.71. The molecule has 1 aliphatic carbocycles. The summed E-state index contributed by atoms with van der Waals surface area (Å²) in [6, 6.07) is 0. The van der Waals surface area contributed by atoms with Gasteiger partial charge in [-0.25, -0.2) is 0 Å². The number of nitrogens with two attached hydrogens (primary N) is 2. The molecule has 2 aromatic heterocycles. The van der Waals surface area contributed by atoms with Gasteiger partial charge in [-0.05, 0) is 25.3 Å². The lowest BCUT2D eigenvalue weighted by molar-refractivity contribution is -0.139. The second-order valence-electron chi connectivity index (χ2n) is 5.81. The van der Waals surface area contributed by atoms with Gasteiger partial charge in [0.2, 0.25) is 0 Å². The number of fused-ring (bicyclic) bond motifs is 1. The molecule has 2 heterocycles. The highest BCUT2D eigenvalue weighted by molar-refractivity contribution is 7.18. The average molecular weight is 371 g/mol. The van der Waals surface area contributed by atoms with Crippen molar-refractivity contribution in [3.8, 4) is 0 Å². The van der Waals surface area contributed by atoms with Crippen molar-refractivity contribution in [3.05, 3.63) is 33.5 Å². The van der Waals surface area contributed by atoms with Gasteiger partial charge in [-0.15, -0.1) is 11.3 Å². The Kier molecular flexibility index (Phi) is 4.33. The molecular weight excluding hydrogens is 356 g/mol. The van der Waals surface area contributed by atoms with E-state index >= 15 is 0 Å². The quantitative estimate of drug-likeness (QED) is 0.829. The van der Waals surface area contributed by atoms with Crippen molar-refractivity contribution >= 4 is 28.0 Å². The van der Waals surface area contributed by atoms with Crippen LogP contribution in [0.2, 0.25) is 0 Å². The molecule has 1 atom stereocenters. The van der Waals surface area contributed by atoms with E-state index in [1.807, 2.05) is 0 Å². The number of nitrogens with zero attached hydrogens (tertiary/aromatic N) is 1. The molecule has 25 heavy (non-hydrogen) atoms. The molecule has 7 nitrogen and oxygen atoms in total. The SMILES string of the molecule is Cc1nocc1C1(COC(F)F)CCc2c(sc(N)c2C(N)=O)C1=O. The number of halogens is 2. The number of aryl methyl sites for hydroxylation is 1. The van der Waals surface area contributed by atoms with Crippen molar-refractivity contribution in [2.24, 2.45) is 5.73 Å². The predicted molar refractivity (Wildman–Crippen MR) is 84.8 cm³/mol. The Labute approximate surface area is 144 Å². The van der Waals surface area contributed by atoms with Crippen LogP contribution in [0.15, 0.2) is 10.8 Å². The summed E-state index contributed by atoms with van der Waals surface area (Å²) in [6.07, 6.45) is 1.67. The first-order chi connectivity index (χ1) is 11.8. The minimum atomic E-state index is -3.03. The zero-order valence-corrected chi connectivity index (χ0v) is 14.0. The van der Waals surface area contributed by atoms with Crippen LogP contribution in [0, 0.1) is 6.92 Å². The van der Waals surface area contributed by atoms with Gasteiger partial charge in [-0.2, -0.15) is 8.78 Å². The summed E-state index contributed by atoms with van der Waals surface area (Å²) in [5.41, 5.74) is 11.2. The highest BCUT2D eigenvalue weighted by atomic mass is 32.1. The van der Waals surface area contributed by atoms with Gasteiger partial charge in [0.25, 0.3) is 5.91 Å². The molecule has 0 saturated heterocycles. The summed E-state index contributed by atoms with van der Waals surface area (Å²) in [5.74, 6) is -1.18. The third-order valence-corrected chi connectivity index (χ3v) is 5.50. The van der Waals surface area contributed by atoms with Gasteiger partial charge in [0.1, 0.15) is 6.26 Å². The maximum absolute atomic E-state index is 13.2. The number of hydrogen-bond acceptors (Lipinski definition) is 7. The van der Waals surface area contributed by atoms with Crippen molar-refractivity contribution in [1.82, 2.24) is 5.16 Å². The maximum atomic E-state index is 13.2. The molecule has 3 rings (SSSR count). The van der Waals surface area contributed by atoms with Gasteiger partial charge < -0.3 is 20.7 Å². The number of primary amides is 1. The number of aromatic nitrogens is 1. The number of carbonyl (C=O) groups excluding carboxylic acids is 2. The van der Waals surface area contributed by atoms with Crippen molar-refractivity contribution < 1.29 is 27.6 Å². The average Bonchev–Trinajstić information content (AvgIpc) is 3.10. The normalized spacial score (nSPS) is 20.1. The molecule has 0 bridgehead atoms. The molecule has 0 spiro atoms. The van der Waals surface area contributed by atoms with E-state index in [0.29, 0.717) is 16.8 Å². The molecule has 0 aromatic carbocycles. The highest BCUT2D eigenvalue weighted by Crippen LogP contribution is 2.45. The zero-order chi connectivity index (χ0) is 18.4. The Bertz CT molecular complexity index is 848. The summed E-state index contributed by atoms with van der Waals surface area (Å²) >= 11 is 0.926. The summed E-state index contributed by atoms with van der Waals surface area (Å²) in [7, 11) is 0. The maximum Gasteiger partial charge on any atom is 0.345 e. The first-order valence-electron chi connectivity index (χ1n) is 7.35. The van der Waals surface area contributed by atoms with Crippen LogP contribution in [0.3, 0.4) is 0 Å². The molecule has 1 aliphatic rings. The van der Waals surface area contributed by atoms with Crippen LogP contribution >= 0.6 is 11.3 Å². The molecule has 1 amide bonds. The van der Waals surface area contributed by atoms with Gasteiger partial charge in [-0.1, -0.05) is 5.16 Å². The molecule has 1 unspecified atom stereocenters. The lowest BCUT2D eigenvalue weighted by Crippen LogP contribution is -2.44. The van der Waals surface area contributed by atoms with Crippen LogP contribution in [0.25, 0.3) is 0 Å². The van der Waals surface area contributed by atoms with Crippen LogP contribution in [-0.4, -0.2) is 30.1 Å². The predicted octanol–water partition coefficient (Wildman–Crippen LogP) is 2.03. The fraction of sp³-hybridized carbons (Fsp3) is 0.400. The lowest BCUT2D eigenvalue weighted by atomic mass is 9.69. The largest absolute Gasteiger partial charge is 0.390 e. The summed E-state index contributed by atoms with van der Waals surface area (Å²) in [6.45, 7) is -1.95. The number of alkyl halides is 2. The topological polar surface area (TPSA) is 121 Å². The second kappa shape index (κ2) is 6.19. The molecule has 0 radical (unpaired) electrons. The number of rotatable bonds is 5. The van der Waals surface area contributed by atoms with Crippen molar-refractivity contribution in [2.45, 2.75) is 31.8 Å². The first-order valence-corrected chi connectivity index (χ1v) is 8.16. The van der Waals surface area contributed by atoms with Crippen molar-refractivity contribution in [3.63, 3.8) is 0 Å². The van der Waals surface area contributed by atoms with E-state index in [4.69, 9.17) is 16.0 Å². The third-order valence-electron chi connectivity index (χ3n) is 4.44. The van der Waals surface area contributed by atoms with Gasteiger partial charge in [0, 0.05) is 5.56 Å². The van der Waals surface area contributed by atoms with Gasteiger partial charge in [0.15, 0.2) is 5.78 Å². The fourth-order valence-corrected chi connectivity index (χ4v) is 4.44. The smallest absolute Gasteiger partial charge is 0.345 e. The van der Waals surface area contributed by atoms with Gasteiger partial charge >= 0.3 is 6.61 Å². The molecule has 10 heteroatoms. The number of anilines is 1. The summed E-state index contributed by atoms with van der Waals surface area (Å²) in [4.78, 5) is 25.0. The first kappa shape index (κ1) is 17.5. The number of Topliss-reactive ketones (excluding diaryl/α,β-unsaturated/α-hetero) is 1. The Morgan fingerprint density at radius 1 is 1.56 bits per heavy atom. The molecule has 0 aliphatic heterocycles. The Morgan fingerprint density at radius 2 is 2.28 bits per heavy atom. The van der Waals surface area contributed by atoms with E-state index in [-0.39, 0.29) is 28.3 Å². The molecule has 2 aromatic rings.